The number of hydrogen-bond donors (Lipinski definition) is 0. The predicted molar refractivity (Wildman–Crippen MR) is 78.1 cm³/mol. The number of ketones is 1. The van der Waals surface area contributed by atoms with Gasteiger partial charge in [-0.3, -0.25) is 4.79 Å². The Morgan fingerprint density at radius 2 is 1.67 bits per heavy atom. The maximum atomic E-state index is 11.9. The van der Waals surface area contributed by atoms with Crippen LogP contribution in [-0.2, 0) is 5.75 Å². The molecular weight excluding hydrogens is 240 g/mol. The second-order valence-corrected chi connectivity index (χ2v) is 5.25. The van der Waals surface area contributed by atoms with Gasteiger partial charge in [-0.05, 0) is 12.5 Å². The Morgan fingerprint density at radius 1 is 1.00 bits per heavy atom. The van der Waals surface area contributed by atoms with E-state index >= 15 is 0 Å². The van der Waals surface area contributed by atoms with Gasteiger partial charge in [0, 0.05) is 11.3 Å². The van der Waals surface area contributed by atoms with E-state index in [0.29, 0.717) is 5.75 Å². The Balaban J connectivity index is 1.84. The second kappa shape index (κ2) is 6.41. The van der Waals surface area contributed by atoms with Crippen LogP contribution >= 0.6 is 11.8 Å². The van der Waals surface area contributed by atoms with E-state index in [1.54, 1.807) is 11.8 Å². The Kier molecular flexibility index (Phi) is 4.59. The summed E-state index contributed by atoms with van der Waals surface area (Å²) in [6.07, 6.45) is 0. The van der Waals surface area contributed by atoms with E-state index in [1.807, 2.05) is 49.4 Å². The van der Waals surface area contributed by atoms with E-state index in [9.17, 15) is 4.79 Å². The molecule has 1 nitrogen and oxygen atoms in total. The zero-order valence-electron chi connectivity index (χ0n) is 10.4. The zero-order chi connectivity index (χ0) is 12.8. The smallest absolute Gasteiger partial charge is 0.172 e. The fraction of sp³-hybridized carbons (Fsp3) is 0.188. The average molecular weight is 256 g/mol. The molecule has 2 rings (SSSR count). The molecule has 0 aromatic heterocycles. The van der Waals surface area contributed by atoms with Crippen LogP contribution in [0.3, 0.4) is 0 Å². The van der Waals surface area contributed by atoms with Crippen LogP contribution in [-0.4, -0.2) is 11.5 Å². The lowest BCUT2D eigenvalue weighted by Crippen LogP contribution is -2.02. The van der Waals surface area contributed by atoms with Crippen LogP contribution in [0, 0.1) is 6.92 Å². The fourth-order valence-electron chi connectivity index (χ4n) is 1.66. The molecule has 0 atom stereocenters. The molecule has 2 heteroatoms. The van der Waals surface area contributed by atoms with Crippen molar-refractivity contribution < 1.29 is 4.79 Å². The molecule has 0 heterocycles. The molecule has 0 saturated heterocycles. The Labute approximate surface area is 112 Å². The Hall–Kier alpha value is -1.54. The van der Waals surface area contributed by atoms with Gasteiger partial charge in [0.05, 0.1) is 5.75 Å². The van der Waals surface area contributed by atoms with E-state index in [4.69, 9.17) is 0 Å². The summed E-state index contributed by atoms with van der Waals surface area (Å²) < 4.78 is 0. The fourth-order valence-corrected chi connectivity index (χ4v) is 2.54. The SMILES string of the molecule is Cc1ccc(C(=O)CSCc2ccccc2)cc1. The highest BCUT2D eigenvalue weighted by Gasteiger charge is 2.05. The second-order valence-electron chi connectivity index (χ2n) is 4.27. The highest BCUT2D eigenvalue weighted by Crippen LogP contribution is 2.14. The molecule has 0 fully saturated rings. The maximum Gasteiger partial charge on any atom is 0.172 e. The minimum atomic E-state index is 0.205. The summed E-state index contributed by atoms with van der Waals surface area (Å²) in [5.41, 5.74) is 3.25. The lowest BCUT2D eigenvalue weighted by Gasteiger charge is -2.02. The molecule has 92 valence electrons. The molecular formula is C16H16OS. The number of carbonyl (C=O) groups excluding carboxylic acids is 1. The van der Waals surface area contributed by atoms with Gasteiger partial charge in [-0.2, -0.15) is 0 Å². The monoisotopic (exact) mass is 256 g/mol. The first-order chi connectivity index (χ1) is 8.75. The number of Topliss-reactive ketones (excluding diaryl/α,β-unsaturated/α-hetero) is 1. The van der Waals surface area contributed by atoms with Gasteiger partial charge in [-0.1, -0.05) is 60.2 Å². The third-order valence-electron chi connectivity index (χ3n) is 2.72. The van der Waals surface area contributed by atoms with Crippen LogP contribution in [0.25, 0.3) is 0 Å². The minimum Gasteiger partial charge on any atom is -0.293 e. The molecule has 0 unspecified atom stereocenters. The average Bonchev–Trinajstić information content (AvgIpc) is 2.40. The van der Waals surface area contributed by atoms with Crippen molar-refractivity contribution >= 4 is 17.5 Å². The molecule has 0 aliphatic heterocycles. The highest BCUT2D eigenvalue weighted by atomic mass is 32.2. The first kappa shape index (κ1) is 12.9. The van der Waals surface area contributed by atoms with Crippen molar-refractivity contribution in [2.24, 2.45) is 0 Å². The van der Waals surface area contributed by atoms with Gasteiger partial charge in [-0.25, -0.2) is 0 Å². The summed E-state index contributed by atoms with van der Waals surface area (Å²) >= 11 is 1.66. The molecule has 0 aliphatic rings. The van der Waals surface area contributed by atoms with E-state index in [1.165, 1.54) is 11.1 Å². The van der Waals surface area contributed by atoms with E-state index in [-0.39, 0.29) is 5.78 Å². The predicted octanol–water partition coefficient (Wildman–Crippen LogP) is 4.11. The van der Waals surface area contributed by atoms with Gasteiger partial charge in [0.2, 0.25) is 0 Å². The van der Waals surface area contributed by atoms with Gasteiger partial charge < -0.3 is 0 Å². The number of thioether (sulfide) groups is 1. The molecule has 0 bridgehead atoms. The first-order valence-electron chi connectivity index (χ1n) is 5.97. The van der Waals surface area contributed by atoms with Gasteiger partial charge in [0.25, 0.3) is 0 Å². The van der Waals surface area contributed by atoms with Crippen LogP contribution in [0.1, 0.15) is 21.5 Å². The van der Waals surface area contributed by atoms with Gasteiger partial charge in [0.15, 0.2) is 5.78 Å². The lowest BCUT2D eigenvalue weighted by atomic mass is 10.1. The third kappa shape index (κ3) is 3.74. The van der Waals surface area contributed by atoms with Crippen LogP contribution in [0.4, 0.5) is 0 Å². The van der Waals surface area contributed by atoms with E-state index in [0.717, 1.165) is 11.3 Å². The van der Waals surface area contributed by atoms with Crippen molar-refractivity contribution in [1.29, 1.82) is 0 Å². The molecule has 0 N–H and O–H groups in total. The third-order valence-corrected chi connectivity index (χ3v) is 3.72. The summed E-state index contributed by atoms with van der Waals surface area (Å²) in [6, 6.07) is 18.0. The largest absolute Gasteiger partial charge is 0.293 e. The molecule has 2 aromatic carbocycles. The lowest BCUT2D eigenvalue weighted by molar-refractivity contribution is 0.102. The van der Waals surface area contributed by atoms with Crippen molar-refractivity contribution in [3.05, 3.63) is 71.3 Å². The van der Waals surface area contributed by atoms with Crippen molar-refractivity contribution in [3.8, 4) is 0 Å². The summed E-state index contributed by atoms with van der Waals surface area (Å²) in [5.74, 6) is 1.63. The maximum absolute atomic E-state index is 11.9. The van der Waals surface area contributed by atoms with Gasteiger partial charge in [0.1, 0.15) is 0 Å². The minimum absolute atomic E-state index is 0.205. The van der Waals surface area contributed by atoms with Crippen molar-refractivity contribution in [2.45, 2.75) is 12.7 Å². The van der Waals surface area contributed by atoms with Crippen LogP contribution in [0.2, 0.25) is 0 Å². The van der Waals surface area contributed by atoms with Crippen molar-refractivity contribution in [2.75, 3.05) is 5.75 Å². The van der Waals surface area contributed by atoms with E-state index in [2.05, 4.69) is 12.1 Å². The van der Waals surface area contributed by atoms with Gasteiger partial charge in [-0.15, -0.1) is 11.8 Å². The summed E-state index contributed by atoms with van der Waals surface area (Å²) in [7, 11) is 0. The summed E-state index contributed by atoms with van der Waals surface area (Å²) in [4.78, 5) is 11.9. The molecule has 0 aliphatic carbocycles. The van der Waals surface area contributed by atoms with E-state index < -0.39 is 0 Å². The number of benzene rings is 2. The van der Waals surface area contributed by atoms with Gasteiger partial charge >= 0.3 is 0 Å². The van der Waals surface area contributed by atoms with Crippen molar-refractivity contribution in [3.63, 3.8) is 0 Å². The number of aryl methyl sites for hydroxylation is 1. The first-order valence-corrected chi connectivity index (χ1v) is 7.13. The molecule has 0 amide bonds. The number of carbonyl (C=O) groups is 1. The molecule has 0 spiro atoms. The zero-order valence-corrected chi connectivity index (χ0v) is 11.2. The number of hydrogen-bond acceptors (Lipinski definition) is 2. The standard InChI is InChI=1S/C16H16OS/c1-13-7-9-15(10-8-13)16(17)12-18-11-14-5-3-2-4-6-14/h2-10H,11-12H2,1H3. The molecule has 18 heavy (non-hydrogen) atoms. The molecule has 0 radical (unpaired) electrons. The number of rotatable bonds is 5. The highest BCUT2D eigenvalue weighted by molar-refractivity contribution is 7.99. The molecule has 0 saturated carbocycles. The van der Waals surface area contributed by atoms with Crippen LogP contribution in [0.5, 0.6) is 0 Å². The Bertz CT molecular complexity index is 502. The van der Waals surface area contributed by atoms with Crippen LogP contribution < -0.4 is 0 Å². The topological polar surface area (TPSA) is 17.1 Å². The van der Waals surface area contributed by atoms with Crippen molar-refractivity contribution in [1.82, 2.24) is 0 Å². The quantitative estimate of drug-likeness (QED) is 0.749. The molecule has 2 aromatic rings. The van der Waals surface area contributed by atoms with Crippen LogP contribution in [0.15, 0.2) is 54.6 Å². The summed E-state index contributed by atoms with van der Waals surface area (Å²) in [5, 5.41) is 0. The Morgan fingerprint density at radius 3 is 2.33 bits per heavy atom. The normalized spacial score (nSPS) is 10.3. The summed E-state index contributed by atoms with van der Waals surface area (Å²) in [6.45, 7) is 2.03.